The van der Waals surface area contributed by atoms with Crippen molar-refractivity contribution in [1.82, 2.24) is 15.4 Å². The van der Waals surface area contributed by atoms with Gasteiger partial charge in [0.25, 0.3) is 5.91 Å². The Bertz CT molecular complexity index is 1090. The number of nitrogens with one attached hydrogen (secondary N) is 4. The molecule has 32 heavy (non-hydrogen) atoms. The SMILES string of the molecule is N=C(N)c1ccc(C(=O)NC(=O)CNC(=O)[C@@H](CO)NS(=O)(=O)Cc2ccccc2)cc1. The van der Waals surface area contributed by atoms with E-state index < -0.39 is 52.7 Å². The number of imide groups is 1. The summed E-state index contributed by atoms with van der Waals surface area (Å²) in [6, 6.07) is 12.4. The van der Waals surface area contributed by atoms with Crippen LogP contribution in [0.1, 0.15) is 21.5 Å². The molecule has 2 aromatic rings. The Morgan fingerprint density at radius 1 is 1.00 bits per heavy atom. The molecule has 0 aromatic heterocycles. The lowest BCUT2D eigenvalue weighted by Gasteiger charge is -2.16. The summed E-state index contributed by atoms with van der Waals surface area (Å²) in [5.74, 6) is -3.08. The van der Waals surface area contributed by atoms with Crippen LogP contribution in [-0.4, -0.2) is 56.3 Å². The number of amidine groups is 1. The molecule has 12 heteroatoms. The lowest BCUT2D eigenvalue weighted by Crippen LogP contribution is -2.51. The quantitative estimate of drug-likeness (QED) is 0.189. The number of benzene rings is 2. The Kier molecular flexibility index (Phi) is 8.58. The molecule has 0 aliphatic carbocycles. The van der Waals surface area contributed by atoms with Crippen molar-refractivity contribution < 1.29 is 27.9 Å². The highest BCUT2D eigenvalue weighted by Crippen LogP contribution is 2.05. The summed E-state index contributed by atoms with van der Waals surface area (Å²) in [6.45, 7) is -1.45. The fraction of sp³-hybridized carbons (Fsp3) is 0.200. The van der Waals surface area contributed by atoms with Crippen LogP contribution in [0.4, 0.5) is 0 Å². The van der Waals surface area contributed by atoms with Gasteiger partial charge < -0.3 is 16.2 Å². The van der Waals surface area contributed by atoms with Gasteiger partial charge in [-0.1, -0.05) is 42.5 Å². The maximum atomic E-state index is 12.2. The van der Waals surface area contributed by atoms with E-state index in [4.69, 9.17) is 11.1 Å². The Morgan fingerprint density at radius 3 is 2.16 bits per heavy atom. The second-order valence-corrected chi connectivity index (χ2v) is 8.44. The molecule has 3 amide bonds. The summed E-state index contributed by atoms with van der Waals surface area (Å²) in [5, 5.41) is 20.9. The van der Waals surface area contributed by atoms with E-state index in [9.17, 15) is 27.9 Å². The van der Waals surface area contributed by atoms with Gasteiger partial charge in [0, 0.05) is 11.1 Å². The number of aliphatic hydroxyl groups is 1. The van der Waals surface area contributed by atoms with Crippen LogP contribution in [0.5, 0.6) is 0 Å². The Labute approximate surface area is 184 Å². The number of hydrogen-bond acceptors (Lipinski definition) is 7. The molecule has 7 N–H and O–H groups in total. The molecular formula is C20H23N5O6S. The zero-order valence-electron chi connectivity index (χ0n) is 16.9. The second kappa shape index (κ2) is 11.1. The average molecular weight is 462 g/mol. The molecule has 0 saturated carbocycles. The zero-order valence-corrected chi connectivity index (χ0v) is 17.7. The normalized spacial score (nSPS) is 11.9. The minimum atomic E-state index is -3.94. The summed E-state index contributed by atoms with van der Waals surface area (Å²) >= 11 is 0. The van der Waals surface area contributed by atoms with Crippen molar-refractivity contribution in [1.29, 1.82) is 5.41 Å². The summed E-state index contributed by atoms with van der Waals surface area (Å²) in [4.78, 5) is 36.2. The van der Waals surface area contributed by atoms with E-state index in [0.717, 1.165) is 0 Å². The highest BCUT2D eigenvalue weighted by molar-refractivity contribution is 7.88. The van der Waals surface area contributed by atoms with E-state index in [1.54, 1.807) is 30.3 Å². The third kappa shape index (κ3) is 7.58. The van der Waals surface area contributed by atoms with E-state index in [-0.39, 0.29) is 11.4 Å². The maximum absolute atomic E-state index is 12.2. The fourth-order valence-electron chi connectivity index (χ4n) is 2.56. The van der Waals surface area contributed by atoms with Crippen molar-refractivity contribution in [2.24, 2.45) is 5.73 Å². The largest absolute Gasteiger partial charge is 0.394 e. The lowest BCUT2D eigenvalue weighted by atomic mass is 10.1. The molecule has 0 heterocycles. The Morgan fingerprint density at radius 2 is 1.59 bits per heavy atom. The lowest BCUT2D eigenvalue weighted by molar-refractivity contribution is -0.127. The topological polar surface area (TPSA) is 192 Å². The first-order valence-corrected chi connectivity index (χ1v) is 11.0. The monoisotopic (exact) mass is 461 g/mol. The molecule has 0 fully saturated rings. The van der Waals surface area contributed by atoms with Crippen LogP contribution in [-0.2, 0) is 25.4 Å². The van der Waals surface area contributed by atoms with Crippen LogP contribution in [0.25, 0.3) is 0 Å². The molecule has 1 atom stereocenters. The zero-order chi connectivity index (χ0) is 23.7. The van der Waals surface area contributed by atoms with Crippen molar-refractivity contribution in [3.8, 4) is 0 Å². The summed E-state index contributed by atoms with van der Waals surface area (Å²) in [5.41, 5.74) is 6.36. The van der Waals surface area contributed by atoms with E-state index in [0.29, 0.717) is 11.1 Å². The van der Waals surface area contributed by atoms with Crippen molar-refractivity contribution in [2.75, 3.05) is 13.2 Å². The number of sulfonamides is 1. The molecule has 0 radical (unpaired) electrons. The van der Waals surface area contributed by atoms with Crippen molar-refractivity contribution >= 4 is 33.6 Å². The van der Waals surface area contributed by atoms with Gasteiger partial charge in [0.05, 0.1) is 18.9 Å². The van der Waals surface area contributed by atoms with E-state index in [1.165, 1.54) is 24.3 Å². The molecule has 170 valence electrons. The number of amides is 3. The molecule has 2 aromatic carbocycles. The molecule has 0 unspecified atom stereocenters. The maximum Gasteiger partial charge on any atom is 0.257 e. The Balaban J connectivity index is 1.86. The van der Waals surface area contributed by atoms with Gasteiger partial charge >= 0.3 is 0 Å². The Hall–Kier alpha value is -3.61. The van der Waals surface area contributed by atoms with Gasteiger partial charge in [0.2, 0.25) is 21.8 Å². The molecule has 2 rings (SSSR count). The van der Waals surface area contributed by atoms with E-state index in [2.05, 4.69) is 15.4 Å². The van der Waals surface area contributed by atoms with Crippen LogP contribution >= 0.6 is 0 Å². The van der Waals surface area contributed by atoms with Gasteiger partial charge in [-0.05, 0) is 17.7 Å². The van der Waals surface area contributed by atoms with Gasteiger partial charge in [-0.3, -0.25) is 25.1 Å². The van der Waals surface area contributed by atoms with Crippen molar-refractivity contribution in [2.45, 2.75) is 11.8 Å². The molecular weight excluding hydrogens is 438 g/mol. The van der Waals surface area contributed by atoms with Crippen molar-refractivity contribution in [3.63, 3.8) is 0 Å². The minimum Gasteiger partial charge on any atom is -0.394 e. The van der Waals surface area contributed by atoms with Gasteiger partial charge in [-0.15, -0.1) is 0 Å². The molecule has 11 nitrogen and oxygen atoms in total. The van der Waals surface area contributed by atoms with Gasteiger partial charge in [-0.25, -0.2) is 13.1 Å². The fourth-order valence-corrected chi connectivity index (χ4v) is 3.89. The first kappa shape index (κ1) is 24.7. The third-order valence-corrected chi connectivity index (χ3v) is 5.51. The van der Waals surface area contributed by atoms with Crippen LogP contribution in [0, 0.1) is 5.41 Å². The molecule has 0 spiro atoms. The first-order chi connectivity index (χ1) is 15.1. The first-order valence-electron chi connectivity index (χ1n) is 9.32. The number of rotatable bonds is 10. The summed E-state index contributed by atoms with van der Waals surface area (Å²) in [6.07, 6.45) is 0. The minimum absolute atomic E-state index is 0.136. The molecule has 0 bridgehead atoms. The number of aliphatic hydroxyl groups excluding tert-OH is 1. The van der Waals surface area contributed by atoms with Crippen molar-refractivity contribution in [3.05, 3.63) is 71.3 Å². The van der Waals surface area contributed by atoms with Crippen LogP contribution < -0.4 is 21.1 Å². The van der Waals surface area contributed by atoms with E-state index >= 15 is 0 Å². The average Bonchev–Trinajstić information content (AvgIpc) is 2.76. The number of nitrogens with two attached hydrogens (primary N) is 1. The van der Waals surface area contributed by atoms with Gasteiger partial charge in [-0.2, -0.15) is 0 Å². The second-order valence-electron chi connectivity index (χ2n) is 6.68. The van der Waals surface area contributed by atoms with Crippen LogP contribution in [0.3, 0.4) is 0 Å². The predicted molar refractivity (Wildman–Crippen MR) is 116 cm³/mol. The highest BCUT2D eigenvalue weighted by Gasteiger charge is 2.24. The summed E-state index contributed by atoms with van der Waals surface area (Å²) in [7, 11) is -3.94. The molecule has 0 aliphatic heterocycles. The van der Waals surface area contributed by atoms with Gasteiger partial charge in [0.1, 0.15) is 11.9 Å². The molecule has 0 saturated heterocycles. The third-order valence-electron chi connectivity index (χ3n) is 4.15. The number of carbonyl (C=O) groups excluding carboxylic acids is 3. The van der Waals surface area contributed by atoms with E-state index in [1.807, 2.05) is 0 Å². The summed E-state index contributed by atoms with van der Waals surface area (Å²) < 4.78 is 26.5. The highest BCUT2D eigenvalue weighted by atomic mass is 32.2. The number of nitrogen functional groups attached to an aromatic ring is 1. The van der Waals surface area contributed by atoms with Gasteiger partial charge in [0.15, 0.2) is 0 Å². The predicted octanol–water partition coefficient (Wildman–Crippen LogP) is -1.18. The van der Waals surface area contributed by atoms with Crippen LogP contribution in [0.15, 0.2) is 54.6 Å². The van der Waals surface area contributed by atoms with Crippen LogP contribution in [0.2, 0.25) is 0 Å². The number of hydrogen-bond donors (Lipinski definition) is 6. The number of carbonyl (C=O) groups is 3. The molecule has 0 aliphatic rings. The standard InChI is InChI=1S/C20H23N5O6S/c21-18(22)14-6-8-15(9-7-14)19(28)24-17(27)10-23-20(29)16(11-26)25-32(30,31)12-13-4-2-1-3-5-13/h1-9,16,25-26H,10-12H2,(H3,21,22)(H,23,29)(H,24,27,28)/t16-/m1/s1. The smallest absolute Gasteiger partial charge is 0.257 e.